The Morgan fingerprint density at radius 3 is 2.47 bits per heavy atom. The van der Waals surface area contributed by atoms with Crippen LogP contribution in [0.5, 0.6) is 11.5 Å². The first-order valence-corrected chi connectivity index (χ1v) is 7.25. The van der Waals surface area contributed by atoms with Crippen molar-refractivity contribution in [3.63, 3.8) is 0 Å². The van der Waals surface area contributed by atoms with Crippen molar-refractivity contribution >= 4 is 0 Å². The molecule has 1 aliphatic rings. The minimum absolute atomic E-state index is 0.0813. The van der Waals surface area contributed by atoms with Gasteiger partial charge in [-0.25, -0.2) is 0 Å². The zero-order chi connectivity index (χ0) is 13.8. The van der Waals surface area contributed by atoms with Gasteiger partial charge >= 0.3 is 0 Å². The lowest BCUT2D eigenvalue weighted by Crippen LogP contribution is -2.48. The second-order valence-corrected chi connectivity index (χ2v) is 5.68. The van der Waals surface area contributed by atoms with Crippen LogP contribution in [0.4, 0.5) is 0 Å². The maximum Gasteiger partial charge on any atom is 0.161 e. The highest BCUT2D eigenvalue weighted by Gasteiger charge is 2.33. The van der Waals surface area contributed by atoms with E-state index in [0.717, 1.165) is 17.9 Å². The van der Waals surface area contributed by atoms with Crippen molar-refractivity contribution in [2.45, 2.75) is 45.8 Å². The first-order valence-electron chi connectivity index (χ1n) is 7.25. The Balaban J connectivity index is 2.11. The summed E-state index contributed by atoms with van der Waals surface area (Å²) in [5.74, 6) is 2.79. The number of ether oxygens (including phenoxy) is 2. The van der Waals surface area contributed by atoms with Crippen molar-refractivity contribution in [1.29, 1.82) is 0 Å². The molecule has 1 aliphatic carbocycles. The number of rotatable bonds is 4. The van der Waals surface area contributed by atoms with E-state index in [-0.39, 0.29) is 12.1 Å². The third-order valence-corrected chi connectivity index (χ3v) is 3.84. The van der Waals surface area contributed by atoms with Gasteiger partial charge in [0.05, 0.1) is 6.61 Å². The predicted octanol–water partition coefficient (Wildman–Crippen LogP) is 3.23. The molecular weight excluding hydrogens is 238 g/mol. The molecule has 4 atom stereocenters. The minimum atomic E-state index is 0.0813. The normalized spacial score (nSPS) is 30.9. The van der Waals surface area contributed by atoms with E-state index in [4.69, 9.17) is 15.2 Å². The fourth-order valence-electron chi connectivity index (χ4n) is 3.06. The highest BCUT2D eigenvalue weighted by Crippen LogP contribution is 2.34. The number of para-hydroxylation sites is 2. The van der Waals surface area contributed by atoms with Gasteiger partial charge in [-0.3, -0.25) is 0 Å². The first-order chi connectivity index (χ1) is 9.11. The van der Waals surface area contributed by atoms with Gasteiger partial charge in [0.2, 0.25) is 0 Å². The quantitative estimate of drug-likeness (QED) is 0.907. The summed E-state index contributed by atoms with van der Waals surface area (Å²) in [6.45, 7) is 7.11. The molecule has 1 fully saturated rings. The highest BCUT2D eigenvalue weighted by molar-refractivity contribution is 5.39. The van der Waals surface area contributed by atoms with E-state index in [9.17, 15) is 0 Å². The summed E-state index contributed by atoms with van der Waals surface area (Å²) in [4.78, 5) is 0. The summed E-state index contributed by atoms with van der Waals surface area (Å²) in [7, 11) is 0. The van der Waals surface area contributed by atoms with Crippen molar-refractivity contribution in [2.24, 2.45) is 17.6 Å². The molecule has 3 heteroatoms. The second kappa shape index (κ2) is 6.29. The molecule has 4 unspecified atom stereocenters. The largest absolute Gasteiger partial charge is 0.490 e. The van der Waals surface area contributed by atoms with E-state index >= 15 is 0 Å². The molecule has 0 heterocycles. The topological polar surface area (TPSA) is 44.5 Å². The second-order valence-electron chi connectivity index (χ2n) is 5.68. The molecule has 2 rings (SSSR count). The molecule has 1 aromatic rings. The van der Waals surface area contributed by atoms with Gasteiger partial charge in [0.25, 0.3) is 0 Å². The van der Waals surface area contributed by atoms with Crippen molar-refractivity contribution in [3.05, 3.63) is 24.3 Å². The van der Waals surface area contributed by atoms with Crippen molar-refractivity contribution in [1.82, 2.24) is 0 Å². The average molecular weight is 263 g/mol. The Kier molecular flexibility index (Phi) is 4.70. The fraction of sp³-hybridized carbons (Fsp3) is 0.625. The first kappa shape index (κ1) is 14.2. The van der Waals surface area contributed by atoms with Crippen LogP contribution in [0, 0.1) is 11.8 Å². The van der Waals surface area contributed by atoms with Gasteiger partial charge in [0, 0.05) is 6.04 Å². The number of benzene rings is 1. The Labute approximate surface area is 116 Å². The summed E-state index contributed by atoms with van der Waals surface area (Å²) >= 11 is 0. The van der Waals surface area contributed by atoms with Gasteiger partial charge < -0.3 is 15.2 Å². The standard InChI is InChI=1S/C16H25NO2/c1-4-18-14-7-5-6-8-15(14)19-16-12(3)9-11(2)10-13(16)17/h5-8,11-13,16H,4,9-10,17H2,1-3H3. The molecule has 0 amide bonds. The van der Waals surface area contributed by atoms with Crippen LogP contribution in [0.3, 0.4) is 0 Å². The highest BCUT2D eigenvalue weighted by atomic mass is 16.5. The maximum absolute atomic E-state index is 6.27. The van der Waals surface area contributed by atoms with E-state index in [1.165, 1.54) is 6.42 Å². The van der Waals surface area contributed by atoms with Crippen LogP contribution in [0.1, 0.15) is 33.6 Å². The third-order valence-electron chi connectivity index (χ3n) is 3.84. The summed E-state index contributed by atoms with van der Waals surface area (Å²) in [6.07, 6.45) is 2.29. The molecule has 2 N–H and O–H groups in total. The number of hydrogen-bond donors (Lipinski definition) is 1. The fourth-order valence-corrected chi connectivity index (χ4v) is 3.06. The Hall–Kier alpha value is -1.22. The third kappa shape index (κ3) is 3.41. The van der Waals surface area contributed by atoms with E-state index in [1.54, 1.807) is 0 Å². The molecule has 1 saturated carbocycles. The molecule has 0 bridgehead atoms. The molecule has 3 nitrogen and oxygen atoms in total. The van der Waals surface area contributed by atoms with Gasteiger partial charge in [-0.15, -0.1) is 0 Å². The van der Waals surface area contributed by atoms with E-state index in [1.807, 2.05) is 31.2 Å². The van der Waals surface area contributed by atoms with Crippen LogP contribution in [-0.2, 0) is 0 Å². The Morgan fingerprint density at radius 2 is 1.84 bits per heavy atom. The van der Waals surface area contributed by atoms with E-state index in [2.05, 4.69) is 13.8 Å². The smallest absolute Gasteiger partial charge is 0.161 e. The lowest BCUT2D eigenvalue weighted by atomic mass is 9.78. The van der Waals surface area contributed by atoms with Gasteiger partial charge in [0.1, 0.15) is 6.10 Å². The van der Waals surface area contributed by atoms with E-state index < -0.39 is 0 Å². The molecule has 0 spiro atoms. The summed E-state index contributed by atoms with van der Waals surface area (Å²) in [6, 6.07) is 7.94. The minimum Gasteiger partial charge on any atom is -0.490 e. The zero-order valence-electron chi connectivity index (χ0n) is 12.1. The Morgan fingerprint density at radius 1 is 1.16 bits per heavy atom. The van der Waals surface area contributed by atoms with Crippen LogP contribution in [0.2, 0.25) is 0 Å². The zero-order valence-corrected chi connectivity index (χ0v) is 12.1. The van der Waals surface area contributed by atoms with Crippen LogP contribution in [0.25, 0.3) is 0 Å². The van der Waals surface area contributed by atoms with Gasteiger partial charge in [-0.2, -0.15) is 0 Å². The van der Waals surface area contributed by atoms with Gasteiger partial charge in [-0.1, -0.05) is 26.0 Å². The summed E-state index contributed by atoms with van der Waals surface area (Å²) in [5.41, 5.74) is 6.27. The van der Waals surface area contributed by atoms with Crippen LogP contribution < -0.4 is 15.2 Å². The van der Waals surface area contributed by atoms with Crippen molar-refractivity contribution in [2.75, 3.05) is 6.61 Å². The lowest BCUT2D eigenvalue weighted by Gasteiger charge is -2.37. The monoisotopic (exact) mass is 263 g/mol. The van der Waals surface area contributed by atoms with Crippen LogP contribution in [-0.4, -0.2) is 18.8 Å². The number of hydrogen-bond acceptors (Lipinski definition) is 3. The molecule has 106 valence electrons. The summed E-state index contributed by atoms with van der Waals surface area (Å²) < 4.78 is 11.8. The van der Waals surface area contributed by atoms with E-state index in [0.29, 0.717) is 18.4 Å². The molecule has 0 radical (unpaired) electrons. The van der Waals surface area contributed by atoms with Gasteiger partial charge in [-0.05, 0) is 43.7 Å². The van der Waals surface area contributed by atoms with Gasteiger partial charge in [0.15, 0.2) is 11.5 Å². The summed E-state index contributed by atoms with van der Waals surface area (Å²) in [5, 5.41) is 0. The molecule has 19 heavy (non-hydrogen) atoms. The molecule has 0 saturated heterocycles. The average Bonchev–Trinajstić information content (AvgIpc) is 2.36. The molecule has 0 aromatic heterocycles. The Bertz CT molecular complexity index is 395. The maximum atomic E-state index is 6.27. The molecular formula is C16H25NO2. The van der Waals surface area contributed by atoms with Crippen LogP contribution in [0.15, 0.2) is 24.3 Å². The van der Waals surface area contributed by atoms with Crippen molar-refractivity contribution in [3.8, 4) is 11.5 Å². The predicted molar refractivity (Wildman–Crippen MR) is 77.6 cm³/mol. The SMILES string of the molecule is CCOc1ccccc1OC1C(C)CC(C)CC1N. The molecule has 0 aliphatic heterocycles. The number of nitrogens with two attached hydrogens (primary N) is 1. The lowest BCUT2D eigenvalue weighted by molar-refractivity contribution is 0.0598. The van der Waals surface area contributed by atoms with Crippen LogP contribution >= 0.6 is 0 Å². The van der Waals surface area contributed by atoms with Crippen molar-refractivity contribution < 1.29 is 9.47 Å². The molecule has 1 aromatic carbocycles.